The predicted molar refractivity (Wildman–Crippen MR) is 223 cm³/mol. The van der Waals surface area contributed by atoms with Crippen LogP contribution in [0, 0.1) is 0 Å². The van der Waals surface area contributed by atoms with Crippen LogP contribution in [0.4, 0.5) is 17.1 Å². The van der Waals surface area contributed by atoms with Crippen LogP contribution in [-0.2, 0) is 5.41 Å². The van der Waals surface area contributed by atoms with Crippen molar-refractivity contribution in [3.8, 4) is 45.2 Å². The van der Waals surface area contributed by atoms with E-state index in [0.29, 0.717) is 11.8 Å². The molecule has 0 bridgehead atoms. The Labute approximate surface area is 322 Å². The zero-order valence-corrected chi connectivity index (χ0v) is 30.1. The maximum Gasteiger partial charge on any atom is 0.227 e. The molecule has 0 fully saturated rings. The topological polar surface area (TPSA) is 55.3 Å². The van der Waals surface area contributed by atoms with Crippen molar-refractivity contribution in [3.05, 3.63) is 210 Å². The molecule has 12 rings (SSSR count). The van der Waals surface area contributed by atoms with Crippen LogP contribution in [0.15, 0.2) is 197 Å². The molecule has 2 aliphatic rings. The molecule has 0 atom stereocenters. The van der Waals surface area contributed by atoms with Gasteiger partial charge in [0.2, 0.25) is 11.8 Å². The van der Waals surface area contributed by atoms with E-state index in [9.17, 15) is 0 Å². The summed E-state index contributed by atoms with van der Waals surface area (Å²) < 4.78 is 12.7. The maximum absolute atomic E-state index is 6.37. The van der Waals surface area contributed by atoms with Crippen molar-refractivity contribution in [2.24, 2.45) is 0 Å². The summed E-state index contributed by atoms with van der Waals surface area (Å²) in [6.45, 7) is 0. The van der Waals surface area contributed by atoms with Crippen LogP contribution in [-0.4, -0.2) is 9.97 Å². The highest BCUT2D eigenvalue weighted by Crippen LogP contribution is 2.63. The van der Waals surface area contributed by atoms with Gasteiger partial charge in [0.05, 0.1) is 16.8 Å². The molecule has 0 unspecified atom stereocenters. The third kappa shape index (κ3) is 4.37. The van der Waals surface area contributed by atoms with Gasteiger partial charge in [0.25, 0.3) is 0 Å². The smallest absolute Gasteiger partial charge is 0.227 e. The van der Waals surface area contributed by atoms with E-state index in [1.807, 2.05) is 48.5 Å². The van der Waals surface area contributed by atoms with Crippen molar-refractivity contribution in [2.45, 2.75) is 5.41 Å². The first kappa shape index (κ1) is 30.9. The molecule has 0 saturated heterocycles. The van der Waals surface area contributed by atoms with E-state index in [2.05, 4.69) is 144 Å². The number of nitrogens with zero attached hydrogens (tertiary/aromatic N) is 3. The number of oxazole rings is 2. The van der Waals surface area contributed by atoms with Gasteiger partial charge in [-0.15, -0.1) is 0 Å². The van der Waals surface area contributed by atoms with Gasteiger partial charge in [0.15, 0.2) is 11.2 Å². The molecule has 0 saturated carbocycles. The van der Waals surface area contributed by atoms with Crippen molar-refractivity contribution >= 4 is 39.3 Å². The van der Waals surface area contributed by atoms with Crippen LogP contribution >= 0.6 is 0 Å². The molecule has 262 valence electrons. The first-order chi connectivity index (χ1) is 27.7. The summed E-state index contributed by atoms with van der Waals surface area (Å²) in [5.74, 6) is 1.09. The maximum atomic E-state index is 6.37. The molecular formula is C51H31N3O2. The Morgan fingerprint density at radius 1 is 0.375 bits per heavy atom. The van der Waals surface area contributed by atoms with E-state index in [1.54, 1.807) is 0 Å². The number of hydrogen-bond donors (Lipinski definition) is 0. The Bertz CT molecular complexity index is 2970. The summed E-state index contributed by atoms with van der Waals surface area (Å²) in [5.41, 5.74) is 17.3. The molecule has 0 N–H and O–H groups in total. The molecule has 5 nitrogen and oxygen atoms in total. The van der Waals surface area contributed by atoms with Crippen molar-refractivity contribution in [2.75, 3.05) is 4.90 Å². The summed E-state index contributed by atoms with van der Waals surface area (Å²) in [7, 11) is 0. The molecule has 1 aliphatic heterocycles. The SMILES string of the molecule is c1ccc(N2c3ccccc3C3(c4ccccc4-c4ccccc43)c3cc(-c4cc(-c5nc6ccccc6o5)cc(-c5nc6ccccc6o5)c4)ccc32)cc1. The lowest BCUT2D eigenvalue weighted by atomic mass is 9.64. The third-order valence-corrected chi connectivity index (χ3v) is 11.5. The number of benzene rings is 8. The highest BCUT2D eigenvalue weighted by Gasteiger charge is 2.51. The van der Waals surface area contributed by atoms with E-state index in [4.69, 9.17) is 18.8 Å². The van der Waals surface area contributed by atoms with Crippen molar-refractivity contribution in [1.29, 1.82) is 0 Å². The van der Waals surface area contributed by atoms with Gasteiger partial charge in [-0.25, -0.2) is 9.97 Å². The molecule has 1 spiro atoms. The second-order valence-electron chi connectivity index (χ2n) is 14.5. The molecule has 1 aliphatic carbocycles. The predicted octanol–water partition coefficient (Wildman–Crippen LogP) is 13.1. The van der Waals surface area contributed by atoms with E-state index in [1.165, 1.54) is 39.1 Å². The highest BCUT2D eigenvalue weighted by molar-refractivity contribution is 5.97. The Balaban J connectivity index is 1.15. The van der Waals surface area contributed by atoms with E-state index < -0.39 is 5.41 Å². The number of fused-ring (bicyclic) bond motifs is 11. The number of para-hydroxylation sites is 6. The van der Waals surface area contributed by atoms with Gasteiger partial charge in [-0.2, -0.15) is 0 Å². The second-order valence-corrected chi connectivity index (χ2v) is 14.5. The molecular weight excluding hydrogens is 687 g/mol. The molecule has 0 radical (unpaired) electrons. The van der Waals surface area contributed by atoms with Gasteiger partial charge in [-0.1, -0.05) is 115 Å². The first-order valence-electron chi connectivity index (χ1n) is 18.9. The Kier molecular flexibility index (Phi) is 6.48. The number of hydrogen-bond acceptors (Lipinski definition) is 5. The van der Waals surface area contributed by atoms with Crippen LogP contribution in [0.25, 0.3) is 67.4 Å². The minimum atomic E-state index is -0.568. The van der Waals surface area contributed by atoms with Crippen LogP contribution in [0.5, 0.6) is 0 Å². The minimum absolute atomic E-state index is 0.544. The van der Waals surface area contributed by atoms with Gasteiger partial charge in [-0.3, -0.25) is 0 Å². The molecule has 8 aromatic carbocycles. The van der Waals surface area contributed by atoms with Crippen LogP contribution in [0.2, 0.25) is 0 Å². The average Bonchev–Trinajstić information content (AvgIpc) is 3.98. The quantitative estimate of drug-likeness (QED) is 0.181. The largest absolute Gasteiger partial charge is 0.436 e. The van der Waals surface area contributed by atoms with Crippen LogP contribution < -0.4 is 4.90 Å². The lowest BCUT2D eigenvalue weighted by Crippen LogP contribution is -2.36. The minimum Gasteiger partial charge on any atom is -0.436 e. The van der Waals surface area contributed by atoms with Crippen molar-refractivity contribution in [3.63, 3.8) is 0 Å². The first-order valence-corrected chi connectivity index (χ1v) is 18.9. The summed E-state index contributed by atoms with van der Waals surface area (Å²) in [6, 6.07) is 66.6. The molecule has 0 amide bonds. The van der Waals surface area contributed by atoms with Crippen molar-refractivity contribution in [1.82, 2.24) is 9.97 Å². The Morgan fingerprint density at radius 2 is 0.875 bits per heavy atom. The van der Waals surface area contributed by atoms with E-state index >= 15 is 0 Å². The van der Waals surface area contributed by atoms with Crippen molar-refractivity contribution < 1.29 is 8.83 Å². The fraction of sp³-hybridized carbons (Fsp3) is 0.0196. The lowest BCUT2D eigenvalue weighted by Gasteiger charge is -2.45. The molecule has 2 aromatic heterocycles. The summed E-state index contributed by atoms with van der Waals surface area (Å²) >= 11 is 0. The standard InChI is InChI=1S/C51H31N3O2/c1-2-14-36(15-3-1)54-45-23-11-8-20-41(45)51(39-18-6-4-16-37(39)38-17-5-7-19-40(38)51)42-31-32(26-27-46(42)54)33-28-34(49-52-43-21-9-12-24-47(43)55-49)30-35(29-33)50-53-44-22-10-13-25-48(44)56-50/h1-31H. The Hall–Kier alpha value is -7.50. The van der Waals surface area contributed by atoms with Gasteiger partial charge in [0, 0.05) is 16.8 Å². The molecule has 10 aromatic rings. The van der Waals surface area contributed by atoms with E-state index in [-0.39, 0.29) is 0 Å². The highest BCUT2D eigenvalue weighted by atomic mass is 16.4. The average molecular weight is 718 g/mol. The summed E-state index contributed by atoms with van der Waals surface area (Å²) in [6.07, 6.45) is 0. The summed E-state index contributed by atoms with van der Waals surface area (Å²) in [4.78, 5) is 12.3. The van der Waals surface area contributed by atoms with Gasteiger partial charge >= 0.3 is 0 Å². The summed E-state index contributed by atoms with van der Waals surface area (Å²) in [5, 5.41) is 0. The molecule has 56 heavy (non-hydrogen) atoms. The molecule has 5 heteroatoms. The second kappa shape index (κ2) is 11.7. The Morgan fingerprint density at radius 3 is 1.50 bits per heavy atom. The number of anilines is 3. The fourth-order valence-electron chi connectivity index (χ4n) is 9.17. The van der Waals surface area contributed by atoms with Gasteiger partial charge in [-0.05, 0) is 117 Å². The zero-order valence-electron chi connectivity index (χ0n) is 30.1. The fourth-order valence-corrected chi connectivity index (χ4v) is 9.17. The lowest BCUT2D eigenvalue weighted by molar-refractivity contribution is 0.617. The van der Waals surface area contributed by atoms with E-state index in [0.717, 1.165) is 55.8 Å². The number of aromatic nitrogens is 2. The zero-order chi connectivity index (χ0) is 36.8. The third-order valence-electron chi connectivity index (χ3n) is 11.5. The number of rotatable bonds is 4. The monoisotopic (exact) mass is 717 g/mol. The van der Waals surface area contributed by atoms with Gasteiger partial charge in [0.1, 0.15) is 11.0 Å². The van der Waals surface area contributed by atoms with Crippen LogP contribution in [0.3, 0.4) is 0 Å². The van der Waals surface area contributed by atoms with Crippen LogP contribution in [0.1, 0.15) is 22.3 Å². The van der Waals surface area contributed by atoms with Gasteiger partial charge < -0.3 is 13.7 Å². The molecule has 3 heterocycles. The normalized spacial score (nSPS) is 13.5.